The first-order valence-corrected chi connectivity index (χ1v) is 8.55. The van der Waals surface area contributed by atoms with E-state index in [0.29, 0.717) is 28.8 Å². The van der Waals surface area contributed by atoms with E-state index in [4.69, 9.17) is 25.8 Å². The number of carbonyl (C=O) groups is 1. The molecular weight excluding hydrogens is 354 g/mol. The van der Waals surface area contributed by atoms with Crippen LogP contribution < -0.4 is 14.2 Å². The molecule has 0 aromatic heterocycles. The lowest BCUT2D eigenvalue weighted by Gasteiger charge is -2.20. The summed E-state index contributed by atoms with van der Waals surface area (Å²) in [6, 6.07) is 9.08. The Morgan fingerprint density at radius 3 is 2.19 bits per heavy atom. The third-order valence-electron chi connectivity index (χ3n) is 4.26. The van der Waals surface area contributed by atoms with Crippen LogP contribution in [0.15, 0.2) is 30.3 Å². The monoisotopic (exact) mass is 377 g/mol. The van der Waals surface area contributed by atoms with Crippen LogP contribution in [0.5, 0.6) is 17.2 Å². The van der Waals surface area contributed by atoms with E-state index in [1.54, 1.807) is 51.5 Å². The number of methoxy groups -OCH3 is 3. The molecule has 0 unspecified atom stereocenters. The first kappa shape index (κ1) is 19.9. The quantitative estimate of drug-likeness (QED) is 0.734. The zero-order valence-electron chi connectivity index (χ0n) is 15.8. The molecule has 2 aromatic rings. The van der Waals surface area contributed by atoms with Crippen molar-refractivity contribution < 1.29 is 19.0 Å². The van der Waals surface area contributed by atoms with Gasteiger partial charge < -0.3 is 19.1 Å². The maximum Gasteiger partial charge on any atom is 0.227 e. The van der Waals surface area contributed by atoms with E-state index in [9.17, 15) is 4.79 Å². The fraction of sp³-hybridized carbons (Fsp3) is 0.350. The maximum absolute atomic E-state index is 12.7. The van der Waals surface area contributed by atoms with Crippen molar-refractivity contribution in [2.45, 2.75) is 19.9 Å². The highest BCUT2D eigenvalue weighted by Gasteiger charge is 2.16. The molecule has 26 heavy (non-hydrogen) atoms. The van der Waals surface area contributed by atoms with Crippen molar-refractivity contribution in [2.24, 2.45) is 0 Å². The number of carbonyl (C=O) groups excluding carboxylic acids is 1. The molecule has 0 aliphatic carbocycles. The number of halogens is 1. The van der Waals surface area contributed by atoms with Crippen LogP contribution >= 0.6 is 11.6 Å². The average molecular weight is 378 g/mol. The van der Waals surface area contributed by atoms with Crippen LogP contribution in [0.1, 0.15) is 16.7 Å². The average Bonchev–Trinajstić information content (AvgIpc) is 2.63. The van der Waals surface area contributed by atoms with Crippen LogP contribution in [0.2, 0.25) is 5.02 Å². The Labute approximate surface area is 159 Å². The molecule has 0 saturated heterocycles. The van der Waals surface area contributed by atoms with E-state index in [0.717, 1.165) is 16.7 Å². The highest BCUT2D eigenvalue weighted by Crippen LogP contribution is 2.31. The minimum Gasteiger partial charge on any atom is -0.496 e. The minimum atomic E-state index is -0.0280. The van der Waals surface area contributed by atoms with Gasteiger partial charge in [-0.25, -0.2) is 0 Å². The fourth-order valence-corrected chi connectivity index (χ4v) is 2.91. The summed E-state index contributed by atoms with van der Waals surface area (Å²) in [7, 11) is 6.55. The van der Waals surface area contributed by atoms with E-state index in [-0.39, 0.29) is 12.3 Å². The second-order valence-corrected chi connectivity index (χ2v) is 6.45. The Kier molecular flexibility index (Phi) is 6.75. The van der Waals surface area contributed by atoms with Crippen molar-refractivity contribution in [3.05, 3.63) is 52.0 Å². The van der Waals surface area contributed by atoms with Crippen LogP contribution in [0, 0.1) is 6.92 Å². The molecule has 0 bridgehead atoms. The van der Waals surface area contributed by atoms with Crippen molar-refractivity contribution in [1.29, 1.82) is 0 Å². The van der Waals surface area contributed by atoms with Gasteiger partial charge in [-0.3, -0.25) is 4.79 Å². The van der Waals surface area contributed by atoms with E-state index in [1.807, 2.05) is 19.1 Å². The second kappa shape index (κ2) is 8.81. The lowest BCUT2D eigenvalue weighted by molar-refractivity contribution is -0.129. The van der Waals surface area contributed by atoms with E-state index < -0.39 is 0 Å². The maximum atomic E-state index is 12.7. The molecule has 0 saturated carbocycles. The minimum absolute atomic E-state index is 0.0280. The molecule has 2 aromatic carbocycles. The number of amides is 1. The molecular formula is C20H24ClNO4. The van der Waals surface area contributed by atoms with Crippen molar-refractivity contribution >= 4 is 17.5 Å². The number of aryl methyl sites for hydroxylation is 1. The molecule has 0 spiro atoms. The molecule has 0 fully saturated rings. The third-order valence-corrected chi connectivity index (χ3v) is 4.49. The summed E-state index contributed by atoms with van der Waals surface area (Å²) >= 11 is 6.04. The summed E-state index contributed by atoms with van der Waals surface area (Å²) in [5.74, 6) is 1.94. The van der Waals surface area contributed by atoms with Crippen LogP contribution in [0.25, 0.3) is 0 Å². The molecule has 1 amide bonds. The van der Waals surface area contributed by atoms with Gasteiger partial charge in [0.1, 0.15) is 5.75 Å². The molecule has 0 heterocycles. The molecule has 6 heteroatoms. The van der Waals surface area contributed by atoms with Crippen molar-refractivity contribution in [3.8, 4) is 17.2 Å². The van der Waals surface area contributed by atoms with E-state index >= 15 is 0 Å². The molecule has 0 aliphatic heterocycles. The number of likely N-dealkylation sites (N-methyl/N-ethyl adjacent to an activating group) is 1. The number of nitrogens with zero attached hydrogens (tertiary/aromatic N) is 1. The zero-order valence-corrected chi connectivity index (χ0v) is 16.5. The van der Waals surface area contributed by atoms with Crippen LogP contribution in [-0.2, 0) is 17.8 Å². The van der Waals surface area contributed by atoms with Gasteiger partial charge in [0.25, 0.3) is 0 Å². The lowest BCUT2D eigenvalue weighted by atomic mass is 10.1. The molecule has 0 radical (unpaired) electrons. The number of ether oxygens (including phenoxy) is 3. The summed E-state index contributed by atoms with van der Waals surface area (Å²) < 4.78 is 16.0. The number of hydrogen-bond acceptors (Lipinski definition) is 4. The number of hydrogen-bond donors (Lipinski definition) is 0. The Morgan fingerprint density at radius 2 is 1.58 bits per heavy atom. The Hall–Kier alpha value is -2.40. The highest BCUT2D eigenvalue weighted by atomic mass is 35.5. The summed E-state index contributed by atoms with van der Waals surface area (Å²) in [6.07, 6.45) is 0.215. The largest absolute Gasteiger partial charge is 0.496 e. The predicted molar refractivity (Wildman–Crippen MR) is 102 cm³/mol. The van der Waals surface area contributed by atoms with Crippen LogP contribution in [0.4, 0.5) is 0 Å². The van der Waals surface area contributed by atoms with Gasteiger partial charge >= 0.3 is 0 Å². The molecule has 0 aliphatic rings. The smallest absolute Gasteiger partial charge is 0.227 e. The highest BCUT2D eigenvalue weighted by molar-refractivity contribution is 6.30. The number of rotatable bonds is 7. The summed E-state index contributed by atoms with van der Waals surface area (Å²) in [5, 5.41) is 0.576. The zero-order chi connectivity index (χ0) is 19.3. The van der Waals surface area contributed by atoms with Gasteiger partial charge in [-0.05, 0) is 48.4 Å². The Bertz CT molecular complexity index is 792. The van der Waals surface area contributed by atoms with Gasteiger partial charge in [-0.1, -0.05) is 11.6 Å². The molecule has 5 nitrogen and oxygen atoms in total. The first-order chi connectivity index (χ1) is 12.4. The van der Waals surface area contributed by atoms with E-state index in [1.165, 1.54) is 0 Å². The molecule has 0 N–H and O–H groups in total. The van der Waals surface area contributed by atoms with Crippen molar-refractivity contribution in [3.63, 3.8) is 0 Å². The van der Waals surface area contributed by atoms with Gasteiger partial charge in [-0.15, -0.1) is 0 Å². The normalized spacial score (nSPS) is 10.4. The topological polar surface area (TPSA) is 48.0 Å². The standard InChI is InChI=1S/C20H24ClNO4/c1-13-8-18(25-4)19(26-5)10-15(13)12-22(2)20(23)11-14-9-16(21)6-7-17(14)24-3/h6-10H,11-12H2,1-5H3. The van der Waals surface area contributed by atoms with Gasteiger partial charge in [-0.2, -0.15) is 0 Å². The summed E-state index contributed by atoms with van der Waals surface area (Å²) in [4.78, 5) is 14.3. The number of benzene rings is 2. The van der Waals surface area contributed by atoms with Crippen LogP contribution in [0.3, 0.4) is 0 Å². The molecule has 0 atom stereocenters. The lowest BCUT2D eigenvalue weighted by Crippen LogP contribution is -2.28. The predicted octanol–water partition coefficient (Wildman–Crippen LogP) is 3.88. The van der Waals surface area contributed by atoms with Gasteiger partial charge in [0, 0.05) is 24.2 Å². The Morgan fingerprint density at radius 1 is 0.962 bits per heavy atom. The van der Waals surface area contributed by atoms with Gasteiger partial charge in [0.05, 0.1) is 27.8 Å². The van der Waals surface area contributed by atoms with Crippen molar-refractivity contribution in [1.82, 2.24) is 4.90 Å². The second-order valence-electron chi connectivity index (χ2n) is 6.02. The summed E-state index contributed by atoms with van der Waals surface area (Å²) in [5.41, 5.74) is 2.79. The van der Waals surface area contributed by atoms with Crippen molar-refractivity contribution in [2.75, 3.05) is 28.4 Å². The third kappa shape index (κ3) is 4.61. The molecule has 2 rings (SSSR count). The first-order valence-electron chi connectivity index (χ1n) is 8.17. The summed E-state index contributed by atoms with van der Waals surface area (Å²) in [6.45, 7) is 2.45. The fourth-order valence-electron chi connectivity index (χ4n) is 2.72. The SMILES string of the molecule is COc1ccc(Cl)cc1CC(=O)N(C)Cc1cc(OC)c(OC)cc1C. The Balaban J connectivity index is 2.16. The van der Waals surface area contributed by atoms with Gasteiger partial charge in [0.15, 0.2) is 11.5 Å². The van der Waals surface area contributed by atoms with Gasteiger partial charge in [0.2, 0.25) is 5.91 Å². The van der Waals surface area contributed by atoms with Crippen LogP contribution in [-0.4, -0.2) is 39.2 Å². The van der Waals surface area contributed by atoms with E-state index in [2.05, 4.69) is 0 Å². The molecule has 140 valence electrons.